The smallest absolute Gasteiger partial charge is 0.0476 e. The van der Waals surface area contributed by atoms with Gasteiger partial charge in [-0.15, -0.1) is 22.7 Å². The number of benzene rings is 10. The van der Waals surface area contributed by atoms with Crippen molar-refractivity contribution in [2.24, 2.45) is 0 Å². The number of thiophene rings is 2. The molecule has 0 saturated carbocycles. The lowest BCUT2D eigenvalue weighted by atomic mass is 9.98. The van der Waals surface area contributed by atoms with Gasteiger partial charge in [0, 0.05) is 74.5 Å². The third-order valence-corrected chi connectivity index (χ3v) is 14.5. The standard InChI is InChI=1S/C60H40N2S2/c1-3-14-41(15-4-1)42-28-30-48(31-29-42)62(52-33-35-56-54-25-8-10-27-58(54)64-60(56)40-52)50-23-13-19-46(38-50)44-17-11-16-43(36-44)45-18-12-22-49(37-45)61(47-20-5-2-6-21-47)51-32-34-55-53-24-7-9-26-57(53)63-59(55)39-51/h1-40H. The van der Waals surface area contributed by atoms with E-state index in [1.165, 1.54) is 62.6 Å². The zero-order valence-corrected chi connectivity index (χ0v) is 36.4. The van der Waals surface area contributed by atoms with E-state index in [2.05, 4.69) is 252 Å². The average Bonchev–Trinajstić information content (AvgIpc) is 3.93. The SMILES string of the molecule is c1ccc(-c2ccc(N(c3cccc(-c4cccc(-c5cccc(N(c6ccccc6)c6ccc7c(c6)sc6ccccc67)c5)c4)c3)c3ccc4c(c3)sc3ccccc34)cc2)cc1. The van der Waals surface area contributed by atoms with Crippen LogP contribution in [0.3, 0.4) is 0 Å². The van der Waals surface area contributed by atoms with Crippen LogP contribution in [0.25, 0.3) is 73.7 Å². The maximum Gasteiger partial charge on any atom is 0.0476 e. The van der Waals surface area contributed by atoms with Crippen LogP contribution in [0.15, 0.2) is 243 Å². The minimum Gasteiger partial charge on any atom is -0.310 e. The Morgan fingerprint density at radius 1 is 0.203 bits per heavy atom. The Kier molecular flexibility index (Phi) is 9.59. The predicted octanol–water partition coefficient (Wildman–Crippen LogP) is 18.4. The summed E-state index contributed by atoms with van der Waals surface area (Å²) >= 11 is 3.71. The van der Waals surface area contributed by atoms with Crippen molar-refractivity contribution in [3.8, 4) is 33.4 Å². The molecule has 2 nitrogen and oxygen atoms in total. The summed E-state index contributed by atoms with van der Waals surface area (Å²) in [4.78, 5) is 4.77. The van der Waals surface area contributed by atoms with Gasteiger partial charge in [0.05, 0.1) is 0 Å². The number of fused-ring (bicyclic) bond motifs is 6. The minimum atomic E-state index is 1.10. The zero-order chi connectivity index (χ0) is 42.4. The summed E-state index contributed by atoms with van der Waals surface area (Å²) in [5.74, 6) is 0. The number of para-hydroxylation sites is 1. The molecule has 0 saturated heterocycles. The largest absolute Gasteiger partial charge is 0.310 e. The molecule has 0 fully saturated rings. The second kappa shape index (κ2) is 16.2. The molecule has 0 spiro atoms. The van der Waals surface area contributed by atoms with E-state index >= 15 is 0 Å². The van der Waals surface area contributed by atoms with Gasteiger partial charge in [0.2, 0.25) is 0 Å². The van der Waals surface area contributed by atoms with Crippen LogP contribution in [0, 0.1) is 0 Å². The molecule has 10 aromatic carbocycles. The van der Waals surface area contributed by atoms with E-state index in [-0.39, 0.29) is 0 Å². The third kappa shape index (κ3) is 7.00. The van der Waals surface area contributed by atoms with Crippen molar-refractivity contribution in [1.29, 1.82) is 0 Å². The molecular weight excluding hydrogens is 813 g/mol. The fraction of sp³-hybridized carbons (Fsp3) is 0. The maximum absolute atomic E-state index is 2.39. The fourth-order valence-corrected chi connectivity index (χ4v) is 11.4. The highest BCUT2D eigenvalue weighted by Gasteiger charge is 2.18. The molecule has 2 heterocycles. The molecule has 0 amide bonds. The summed E-state index contributed by atoms with van der Waals surface area (Å²) in [6.45, 7) is 0. The van der Waals surface area contributed by atoms with Crippen molar-refractivity contribution in [2.45, 2.75) is 0 Å². The molecule has 0 unspecified atom stereocenters. The molecule has 0 aliphatic rings. The number of hydrogen-bond acceptors (Lipinski definition) is 4. The highest BCUT2D eigenvalue weighted by molar-refractivity contribution is 7.26. The summed E-state index contributed by atoms with van der Waals surface area (Å²) < 4.78 is 5.19. The van der Waals surface area contributed by atoms with Crippen LogP contribution in [-0.2, 0) is 0 Å². The van der Waals surface area contributed by atoms with Crippen LogP contribution in [0.5, 0.6) is 0 Å². The molecule has 302 valence electrons. The molecule has 12 rings (SSSR count). The first kappa shape index (κ1) is 38.0. The lowest BCUT2D eigenvalue weighted by molar-refractivity contribution is 1.29. The van der Waals surface area contributed by atoms with Gasteiger partial charge < -0.3 is 9.80 Å². The monoisotopic (exact) mass is 852 g/mol. The molecule has 4 heteroatoms. The van der Waals surface area contributed by atoms with Gasteiger partial charge in [-0.1, -0.05) is 152 Å². The van der Waals surface area contributed by atoms with Gasteiger partial charge in [0.1, 0.15) is 0 Å². The Bertz CT molecular complexity index is 3630. The average molecular weight is 853 g/mol. The van der Waals surface area contributed by atoms with Gasteiger partial charge in [0.15, 0.2) is 0 Å². The fourth-order valence-electron chi connectivity index (χ4n) is 9.14. The number of anilines is 6. The summed E-state index contributed by atoms with van der Waals surface area (Å²) in [6.07, 6.45) is 0. The molecule has 12 aromatic rings. The molecule has 0 bridgehead atoms. The summed E-state index contributed by atoms with van der Waals surface area (Å²) in [7, 11) is 0. The van der Waals surface area contributed by atoms with E-state index in [0.717, 1.165) is 45.3 Å². The first-order valence-corrected chi connectivity index (χ1v) is 23.3. The summed E-state index contributed by atoms with van der Waals surface area (Å²) in [6, 6.07) is 88.4. The Morgan fingerprint density at radius 3 is 1.08 bits per heavy atom. The van der Waals surface area contributed by atoms with E-state index in [9.17, 15) is 0 Å². The van der Waals surface area contributed by atoms with Gasteiger partial charge >= 0.3 is 0 Å². The highest BCUT2D eigenvalue weighted by Crippen LogP contribution is 2.44. The second-order valence-corrected chi connectivity index (χ2v) is 18.3. The highest BCUT2D eigenvalue weighted by atomic mass is 32.1. The molecular formula is C60H40N2S2. The van der Waals surface area contributed by atoms with E-state index in [1.54, 1.807) is 0 Å². The van der Waals surface area contributed by atoms with Gasteiger partial charge in [-0.05, 0) is 124 Å². The van der Waals surface area contributed by atoms with Crippen molar-refractivity contribution in [2.75, 3.05) is 9.80 Å². The Labute approximate surface area is 380 Å². The first-order chi connectivity index (χ1) is 31.7. The topological polar surface area (TPSA) is 6.48 Å². The maximum atomic E-state index is 2.39. The number of rotatable bonds is 9. The Hall–Kier alpha value is -7.76. The van der Waals surface area contributed by atoms with Crippen LogP contribution < -0.4 is 9.80 Å². The van der Waals surface area contributed by atoms with E-state index < -0.39 is 0 Å². The molecule has 0 radical (unpaired) electrons. The van der Waals surface area contributed by atoms with Crippen molar-refractivity contribution in [3.05, 3.63) is 243 Å². The van der Waals surface area contributed by atoms with Crippen LogP contribution in [0.2, 0.25) is 0 Å². The lowest BCUT2D eigenvalue weighted by Gasteiger charge is -2.26. The van der Waals surface area contributed by atoms with Gasteiger partial charge in [0.25, 0.3) is 0 Å². The summed E-state index contributed by atoms with van der Waals surface area (Å²) in [5, 5.41) is 5.21. The molecule has 0 aliphatic heterocycles. The van der Waals surface area contributed by atoms with Crippen LogP contribution in [-0.4, -0.2) is 0 Å². The summed E-state index contributed by atoms with van der Waals surface area (Å²) in [5.41, 5.74) is 13.8. The molecule has 0 N–H and O–H groups in total. The van der Waals surface area contributed by atoms with Gasteiger partial charge in [-0.2, -0.15) is 0 Å². The predicted molar refractivity (Wildman–Crippen MR) is 278 cm³/mol. The number of hydrogen-bond donors (Lipinski definition) is 0. The van der Waals surface area contributed by atoms with Crippen LogP contribution >= 0.6 is 22.7 Å². The third-order valence-electron chi connectivity index (χ3n) is 12.2. The van der Waals surface area contributed by atoms with Gasteiger partial charge in [-0.25, -0.2) is 0 Å². The first-order valence-electron chi connectivity index (χ1n) is 21.6. The minimum absolute atomic E-state index is 1.10. The zero-order valence-electron chi connectivity index (χ0n) is 34.8. The lowest BCUT2D eigenvalue weighted by Crippen LogP contribution is -2.10. The molecule has 2 aromatic heterocycles. The van der Waals surface area contributed by atoms with Crippen LogP contribution in [0.4, 0.5) is 34.1 Å². The van der Waals surface area contributed by atoms with E-state index in [0.29, 0.717) is 0 Å². The van der Waals surface area contributed by atoms with Crippen molar-refractivity contribution >= 4 is 97.1 Å². The van der Waals surface area contributed by atoms with Crippen molar-refractivity contribution < 1.29 is 0 Å². The normalized spacial score (nSPS) is 11.4. The van der Waals surface area contributed by atoms with Crippen molar-refractivity contribution in [1.82, 2.24) is 0 Å². The second-order valence-electron chi connectivity index (χ2n) is 16.2. The van der Waals surface area contributed by atoms with Crippen molar-refractivity contribution in [3.63, 3.8) is 0 Å². The Balaban J connectivity index is 0.920. The molecule has 0 atom stereocenters. The van der Waals surface area contributed by atoms with Crippen LogP contribution in [0.1, 0.15) is 0 Å². The van der Waals surface area contributed by atoms with E-state index in [4.69, 9.17) is 0 Å². The van der Waals surface area contributed by atoms with E-state index in [1.807, 2.05) is 22.7 Å². The van der Waals surface area contributed by atoms with Gasteiger partial charge in [-0.3, -0.25) is 0 Å². The Morgan fingerprint density at radius 2 is 0.547 bits per heavy atom. The quantitative estimate of drug-likeness (QED) is 0.143. The number of nitrogens with zero attached hydrogens (tertiary/aromatic N) is 2. The molecule has 0 aliphatic carbocycles. The molecule has 64 heavy (non-hydrogen) atoms.